The van der Waals surface area contributed by atoms with Crippen molar-refractivity contribution in [1.82, 2.24) is 15.0 Å². The highest BCUT2D eigenvalue weighted by molar-refractivity contribution is 6.30. The van der Waals surface area contributed by atoms with Gasteiger partial charge in [-0.15, -0.1) is 0 Å². The molecule has 0 saturated heterocycles. The van der Waals surface area contributed by atoms with E-state index < -0.39 is 12.6 Å². The van der Waals surface area contributed by atoms with Crippen LogP contribution in [-0.2, 0) is 4.79 Å². The van der Waals surface area contributed by atoms with Gasteiger partial charge >= 0.3 is 12.0 Å². The maximum Gasteiger partial charge on any atom is 0.341 e. The molecule has 0 unspecified atom stereocenters. The number of fused-ring (bicyclic) bond motifs is 1. The highest BCUT2D eigenvalue weighted by Crippen LogP contribution is 2.31. The maximum atomic E-state index is 10.8. The lowest BCUT2D eigenvalue weighted by atomic mass is 10.1. The molecule has 0 radical (unpaired) electrons. The first kappa shape index (κ1) is 19.7. The van der Waals surface area contributed by atoms with E-state index >= 15 is 0 Å². The molecule has 2 heterocycles. The normalized spacial score (nSPS) is 10.9. The molecule has 0 saturated carbocycles. The average Bonchev–Trinajstić information content (AvgIpc) is 3.12. The number of oxazole rings is 1. The van der Waals surface area contributed by atoms with E-state index in [1.165, 1.54) is 6.20 Å². The molecule has 9 heteroatoms. The first-order valence-electron chi connectivity index (χ1n) is 8.92. The lowest BCUT2D eigenvalue weighted by molar-refractivity contribution is -0.139. The van der Waals surface area contributed by atoms with Gasteiger partial charge in [0, 0.05) is 10.6 Å². The van der Waals surface area contributed by atoms with Gasteiger partial charge in [-0.3, -0.25) is 0 Å². The molecule has 4 aromatic rings. The van der Waals surface area contributed by atoms with Crippen LogP contribution in [0.3, 0.4) is 0 Å². The zero-order valence-corrected chi connectivity index (χ0v) is 16.8. The molecule has 0 aliphatic heterocycles. The quantitative estimate of drug-likeness (QED) is 0.468. The lowest BCUT2D eigenvalue weighted by Crippen LogP contribution is -2.10. The van der Waals surface area contributed by atoms with Gasteiger partial charge in [0.2, 0.25) is 5.89 Å². The van der Waals surface area contributed by atoms with E-state index in [0.717, 1.165) is 11.1 Å². The summed E-state index contributed by atoms with van der Waals surface area (Å²) in [6.45, 7) is 3.25. The number of carboxylic acid groups (broad SMARTS) is 1. The summed E-state index contributed by atoms with van der Waals surface area (Å²) in [6, 6.07) is 10.6. The Hall–Kier alpha value is -3.65. The summed E-state index contributed by atoms with van der Waals surface area (Å²) < 4.78 is 16.8. The molecule has 0 atom stereocenters. The fourth-order valence-electron chi connectivity index (χ4n) is 2.94. The molecule has 152 valence electrons. The number of hydrogen-bond acceptors (Lipinski definition) is 7. The van der Waals surface area contributed by atoms with Crippen molar-refractivity contribution in [3.8, 4) is 29.0 Å². The summed E-state index contributed by atoms with van der Waals surface area (Å²) in [7, 11) is 0. The van der Waals surface area contributed by atoms with Crippen LogP contribution in [-0.4, -0.2) is 32.6 Å². The molecule has 0 amide bonds. The van der Waals surface area contributed by atoms with Crippen molar-refractivity contribution in [2.45, 2.75) is 13.8 Å². The van der Waals surface area contributed by atoms with Crippen LogP contribution in [0.5, 0.6) is 17.5 Å². The summed E-state index contributed by atoms with van der Waals surface area (Å²) in [5.74, 6) is 0.392. The van der Waals surface area contributed by atoms with E-state index in [-0.39, 0.29) is 11.7 Å². The smallest absolute Gasteiger partial charge is 0.341 e. The Morgan fingerprint density at radius 1 is 1.13 bits per heavy atom. The van der Waals surface area contributed by atoms with Crippen LogP contribution >= 0.6 is 11.6 Å². The summed E-state index contributed by atoms with van der Waals surface area (Å²) in [6.07, 6.45) is 1.52. The van der Waals surface area contributed by atoms with E-state index in [4.69, 9.17) is 30.6 Å². The predicted octanol–water partition coefficient (Wildman–Crippen LogP) is 4.81. The van der Waals surface area contributed by atoms with E-state index in [9.17, 15) is 4.79 Å². The van der Waals surface area contributed by atoms with Crippen molar-refractivity contribution in [3.05, 3.63) is 58.7 Å². The highest BCUT2D eigenvalue weighted by Gasteiger charge is 2.15. The van der Waals surface area contributed by atoms with Gasteiger partial charge in [-0.2, -0.15) is 4.98 Å². The second-order valence-corrected chi connectivity index (χ2v) is 6.98. The van der Waals surface area contributed by atoms with Crippen molar-refractivity contribution >= 4 is 28.8 Å². The van der Waals surface area contributed by atoms with Gasteiger partial charge in [0.25, 0.3) is 5.71 Å². The molecule has 2 aromatic heterocycles. The van der Waals surface area contributed by atoms with E-state index in [2.05, 4.69) is 15.0 Å². The minimum Gasteiger partial charge on any atom is -0.481 e. The van der Waals surface area contributed by atoms with Gasteiger partial charge in [-0.05, 0) is 61.4 Å². The molecule has 1 N–H and O–H groups in total. The maximum absolute atomic E-state index is 10.8. The Bertz CT molecular complexity index is 1210. The number of aromatic nitrogens is 3. The number of hydrogen-bond donors (Lipinski definition) is 1. The number of benzene rings is 2. The van der Waals surface area contributed by atoms with Crippen LogP contribution in [0.1, 0.15) is 11.1 Å². The molecule has 2 aromatic carbocycles. The number of ether oxygens (including phenoxy) is 2. The Labute approximate surface area is 176 Å². The fourth-order valence-corrected chi connectivity index (χ4v) is 3.06. The molecule has 30 heavy (non-hydrogen) atoms. The summed E-state index contributed by atoms with van der Waals surface area (Å²) >= 11 is 5.87. The van der Waals surface area contributed by atoms with Gasteiger partial charge in [0.05, 0.1) is 6.20 Å². The zero-order chi connectivity index (χ0) is 21.3. The monoisotopic (exact) mass is 425 g/mol. The Morgan fingerprint density at radius 2 is 1.83 bits per heavy atom. The van der Waals surface area contributed by atoms with Crippen molar-refractivity contribution in [3.63, 3.8) is 0 Å². The molecule has 4 rings (SSSR count). The number of nitrogens with zero attached hydrogens (tertiary/aromatic N) is 3. The summed E-state index contributed by atoms with van der Waals surface area (Å²) in [4.78, 5) is 23.6. The average molecular weight is 426 g/mol. The largest absolute Gasteiger partial charge is 0.481 e. The number of carbonyl (C=O) groups is 1. The number of halogens is 1. The van der Waals surface area contributed by atoms with Crippen molar-refractivity contribution in [2.24, 2.45) is 0 Å². The zero-order valence-electron chi connectivity index (χ0n) is 16.0. The number of rotatable bonds is 6. The van der Waals surface area contributed by atoms with Gasteiger partial charge in [-0.25, -0.2) is 14.8 Å². The predicted molar refractivity (Wildman–Crippen MR) is 109 cm³/mol. The first-order chi connectivity index (χ1) is 14.4. The number of carboxylic acids is 1. The topological polar surface area (TPSA) is 108 Å². The third kappa shape index (κ3) is 4.18. The van der Waals surface area contributed by atoms with Crippen LogP contribution < -0.4 is 9.47 Å². The van der Waals surface area contributed by atoms with Gasteiger partial charge in [0.1, 0.15) is 17.0 Å². The molecular formula is C21H16ClN3O5. The SMILES string of the molecule is Cc1cc(-c2nc3cnc(Oc4ccc(Cl)cc4)nc3o2)cc(C)c1OCC(=O)O. The van der Waals surface area contributed by atoms with Crippen molar-refractivity contribution < 1.29 is 23.8 Å². The first-order valence-corrected chi connectivity index (χ1v) is 9.30. The second kappa shape index (κ2) is 8.00. The third-order valence-corrected chi connectivity index (χ3v) is 4.45. The van der Waals surface area contributed by atoms with Crippen LogP contribution in [0.15, 0.2) is 47.0 Å². The van der Waals surface area contributed by atoms with E-state index in [1.807, 2.05) is 26.0 Å². The summed E-state index contributed by atoms with van der Waals surface area (Å²) in [5.41, 5.74) is 3.02. The molecule has 8 nitrogen and oxygen atoms in total. The Morgan fingerprint density at radius 3 is 2.50 bits per heavy atom. The standard InChI is InChI=1S/C21H16ClN3O5/c1-11-7-13(8-12(2)18(11)28-10-17(26)27)19-24-16-9-23-21(25-20(16)30-19)29-15-5-3-14(22)4-6-15/h3-9H,10H2,1-2H3,(H,26,27). The molecule has 0 fully saturated rings. The molecular weight excluding hydrogens is 410 g/mol. The molecule has 0 spiro atoms. The third-order valence-electron chi connectivity index (χ3n) is 4.20. The van der Waals surface area contributed by atoms with Crippen molar-refractivity contribution in [2.75, 3.05) is 6.61 Å². The Kier molecular flexibility index (Phi) is 5.24. The minimum absolute atomic E-state index is 0.123. The van der Waals surface area contributed by atoms with Gasteiger partial charge < -0.3 is 19.0 Å². The molecule has 0 bridgehead atoms. The number of aryl methyl sites for hydroxylation is 2. The van der Waals surface area contributed by atoms with Crippen LogP contribution in [0.2, 0.25) is 5.02 Å². The fraction of sp³-hybridized carbons (Fsp3) is 0.143. The highest BCUT2D eigenvalue weighted by atomic mass is 35.5. The molecule has 0 aliphatic carbocycles. The van der Waals surface area contributed by atoms with E-state index in [0.29, 0.717) is 33.5 Å². The molecule has 0 aliphatic rings. The number of aliphatic carboxylic acids is 1. The Balaban J connectivity index is 1.62. The van der Waals surface area contributed by atoms with E-state index in [1.54, 1.807) is 24.3 Å². The van der Waals surface area contributed by atoms with Crippen molar-refractivity contribution in [1.29, 1.82) is 0 Å². The van der Waals surface area contributed by atoms with Gasteiger partial charge in [0.15, 0.2) is 6.61 Å². The minimum atomic E-state index is -1.04. The summed E-state index contributed by atoms with van der Waals surface area (Å²) in [5, 5.41) is 9.42. The van der Waals surface area contributed by atoms with Crippen LogP contribution in [0.4, 0.5) is 0 Å². The lowest BCUT2D eigenvalue weighted by Gasteiger charge is -2.11. The van der Waals surface area contributed by atoms with Crippen LogP contribution in [0, 0.1) is 13.8 Å². The van der Waals surface area contributed by atoms with Crippen LogP contribution in [0.25, 0.3) is 22.7 Å². The van der Waals surface area contributed by atoms with Gasteiger partial charge in [-0.1, -0.05) is 11.6 Å². The second-order valence-electron chi connectivity index (χ2n) is 6.54.